The van der Waals surface area contributed by atoms with Gasteiger partial charge in [-0.3, -0.25) is 4.79 Å². The van der Waals surface area contributed by atoms with Crippen LogP contribution in [0, 0.1) is 6.92 Å². The fourth-order valence-electron chi connectivity index (χ4n) is 4.34. The number of benzene rings is 1. The zero-order valence-corrected chi connectivity index (χ0v) is 23.8. The van der Waals surface area contributed by atoms with Crippen molar-refractivity contribution in [2.45, 2.75) is 64.1 Å². The SMILES string of the molecule is CCOC(=O)c1c(NC(=O)CSc2nnc(C(C)Oc3ccc(Cl)cc3C)n2C)sc2c1CCCCC2. The number of amides is 1. The molecule has 0 aliphatic heterocycles. The normalized spacial score (nSPS) is 14.0. The van der Waals surface area contributed by atoms with Gasteiger partial charge in [-0.25, -0.2) is 4.79 Å². The van der Waals surface area contributed by atoms with Crippen LogP contribution in [0.15, 0.2) is 23.4 Å². The van der Waals surface area contributed by atoms with E-state index in [1.807, 2.05) is 37.6 Å². The van der Waals surface area contributed by atoms with Gasteiger partial charge in [0.2, 0.25) is 5.91 Å². The van der Waals surface area contributed by atoms with Crippen molar-refractivity contribution < 1.29 is 19.1 Å². The number of rotatable bonds is 9. The fraction of sp³-hybridized carbons (Fsp3) is 0.462. The summed E-state index contributed by atoms with van der Waals surface area (Å²) in [5.74, 6) is 0.914. The summed E-state index contributed by atoms with van der Waals surface area (Å²) in [6.07, 6.45) is 4.68. The Morgan fingerprint density at radius 1 is 1.24 bits per heavy atom. The van der Waals surface area contributed by atoms with Crippen LogP contribution in [0.25, 0.3) is 0 Å². The van der Waals surface area contributed by atoms with E-state index in [4.69, 9.17) is 21.1 Å². The van der Waals surface area contributed by atoms with E-state index in [0.717, 1.165) is 49.0 Å². The lowest BCUT2D eigenvalue weighted by atomic mass is 10.1. The molecule has 0 spiro atoms. The molecule has 1 aliphatic rings. The second-order valence-electron chi connectivity index (χ2n) is 8.90. The van der Waals surface area contributed by atoms with Crippen molar-refractivity contribution in [1.29, 1.82) is 0 Å². The van der Waals surface area contributed by atoms with Crippen LogP contribution in [-0.4, -0.2) is 39.0 Å². The van der Waals surface area contributed by atoms with Gasteiger partial charge in [-0.1, -0.05) is 29.8 Å². The molecule has 198 valence electrons. The first kappa shape index (κ1) is 27.5. The molecule has 1 amide bonds. The van der Waals surface area contributed by atoms with Crippen molar-refractivity contribution in [3.05, 3.63) is 50.6 Å². The van der Waals surface area contributed by atoms with Gasteiger partial charge in [-0.2, -0.15) is 0 Å². The molecule has 0 radical (unpaired) electrons. The molecule has 1 unspecified atom stereocenters. The van der Waals surface area contributed by atoms with Crippen molar-refractivity contribution in [1.82, 2.24) is 14.8 Å². The maximum atomic E-state index is 12.9. The molecule has 2 aromatic heterocycles. The number of nitrogens with one attached hydrogen (secondary N) is 1. The molecule has 4 rings (SSSR count). The Morgan fingerprint density at radius 3 is 2.78 bits per heavy atom. The van der Waals surface area contributed by atoms with E-state index in [0.29, 0.717) is 33.2 Å². The molecular formula is C26H31ClN4O4S2. The molecule has 8 nitrogen and oxygen atoms in total. The lowest BCUT2D eigenvalue weighted by Crippen LogP contribution is -2.17. The molecule has 3 aromatic rings. The summed E-state index contributed by atoms with van der Waals surface area (Å²) in [6.45, 7) is 5.91. The first-order valence-corrected chi connectivity index (χ1v) is 14.5. The van der Waals surface area contributed by atoms with Crippen molar-refractivity contribution >= 4 is 51.6 Å². The smallest absolute Gasteiger partial charge is 0.341 e. The maximum absolute atomic E-state index is 12.9. The van der Waals surface area contributed by atoms with E-state index >= 15 is 0 Å². The average molecular weight is 563 g/mol. The molecule has 0 saturated heterocycles. The number of esters is 1. The van der Waals surface area contributed by atoms with Gasteiger partial charge in [0, 0.05) is 16.9 Å². The molecule has 1 aliphatic carbocycles. The highest BCUT2D eigenvalue weighted by Crippen LogP contribution is 2.38. The first-order chi connectivity index (χ1) is 17.8. The first-order valence-electron chi connectivity index (χ1n) is 12.3. The van der Waals surface area contributed by atoms with Gasteiger partial charge >= 0.3 is 5.97 Å². The van der Waals surface area contributed by atoms with E-state index < -0.39 is 0 Å². The van der Waals surface area contributed by atoms with Crippen molar-refractivity contribution in [2.75, 3.05) is 17.7 Å². The lowest BCUT2D eigenvalue weighted by Gasteiger charge is -2.16. The number of ether oxygens (including phenoxy) is 2. The van der Waals surface area contributed by atoms with Gasteiger partial charge in [0.1, 0.15) is 10.8 Å². The number of halogens is 1. The second kappa shape index (κ2) is 12.3. The third kappa shape index (κ3) is 6.48. The summed E-state index contributed by atoms with van der Waals surface area (Å²) < 4.78 is 13.2. The Labute approximate surface area is 230 Å². The van der Waals surface area contributed by atoms with Gasteiger partial charge in [-0.15, -0.1) is 21.5 Å². The summed E-state index contributed by atoms with van der Waals surface area (Å²) >= 11 is 8.81. The molecule has 1 N–H and O–H groups in total. The number of anilines is 1. The number of carbonyl (C=O) groups is 2. The summed E-state index contributed by atoms with van der Waals surface area (Å²) in [7, 11) is 1.85. The Hall–Kier alpha value is -2.56. The van der Waals surface area contributed by atoms with Crippen LogP contribution in [0.2, 0.25) is 5.02 Å². The average Bonchev–Trinajstić information content (AvgIpc) is 3.30. The number of carbonyl (C=O) groups excluding carboxylic acids is 2. The topological polar surface area (TPSA) is 95.3 Å². The molecule has 0 fully saturated rings. The highest BCUT2D eigenvalue weighted by molar-refractivity contribution is 7.99. The molecule has 0 saturated carbocycles. The highest BCUT2D eigenvalue weighted by Gasteiger charge is 2.27. The van der Waals surface area contributed by atoms with Crippen LogP contribution in [0.4, 0.5) is 5.00 Å². The van der Waals surface area contributed by atoms with Gasteiger partial charge in [-0.05, 0) is 75.8 Å². The number of thiophene rings is 1. The van der Waals surface area contributed by atoms with Crippen LogP contribution in [0.3, 0.4) is 0 Å². The Balaban J connectivity index is 1.42. The number of fused-ring (bicyclic) bond motifs is 1. The molecular weight excluding hydrogens is 532 g/mol. The summed E-state index contributed by atoms with van der Waals surface area (Å²) in [4.78, 5) is 26.8. The Bertz CT molecular complexity index is 1290. The number of aryl methyl sites for hydroxylation is 2. The standard InChI is InChI=1S/C26H31ClN4O4S2/c1-5-34-25(33)22-18-9-7-6-8-10-20(18)37-24(22)28-21(32)14-36-26-30-29-23(31(26)4)16(3)35-19-12-11-17(27)13-15(19)2/h11-13,16H,5-10,14H2,1-4H3,(H,28,32). The molecule has 2 heterocycles. The number of thioether (sulfide) groups is 1. The zero-order chi connectivity index (χ0) is 26.5. The zero-order valence-electron chi connectivity index (χ0n) is 21.4. The minimum Gasteiger partial charge on any atom is -0.482 e. The molecule has 0 bridgehead atoms. The lowest BCUT2D eigenvalue weighted by molar-refractivity contribution is -0.113. The van der Waals surface area contributed by atoms with Gasteiger partial charge in [0.15, 0.2) is 17.1 Å². The largest absolute Gasteiger partial charge is 0.482 e. The van der Waals surface area contributed by atoms with Crippen LogP contribution in [0.5, 0.6) is 5.75 Å². The van der Waals surface area contributed by atoms with E-state index in [1.165, 1.54) is 28.0 Å². The quantitative estimate of drug-likeness (QED) is 0.190. The fourth-order valence-corrected chi connectivity index (χ4v) is 6.58. The Kier molecular flexibility index (Phi) is 9.15. The number of aromatic nitrogens is 3. The second-order valence-corrected chi connectivity index (χ2v) is 11.4. The van der Waals surface area contributed by atoms with Crippen molar-refractivity contribution in [3.8, 4) is 5.75 Å². The maximum Gasteiger partial charge on any atom is 0.341 e. The molecule has 11 heteroatoms. The minimum absolute atomic E-state index is 0.127. The summed E-state index contributed by atoms with van der Waals surface area (Å²) in [5, 5.41) is 13.3. The Morgan fingerprint density at radius 2 is 2.03 bits per heavy atom. The predicted molar refractivity (Wildman–Crippen MR) is 147 cm³/mol. The van der Waals surface area contributed by atoms with E-state index in [9.17, 15) is 9.59 Å². The predicted octanol–water partition coefficient (Wildman–Crippen LogP) is 6.15. The van der Waals surface area contributed by atoms with Crippen LogP contribution in [-0.2, 0) is 29.4 Å². The van der Waals surface area contributed by atoms with Crippen LogP contribution < -0.4 is 10.1 Å². The third-order valence-electron chi connectivity index (χ3n) is 6.16. The molecule has 1 atom stereocenters. The third-order valence-corrected chi connectivity index (χ3v) is 8.62. The minimum atomic E-state index is -0.368. The van der Waals surface area contributed by atoms with E-state index in [2.05, 4.69) is 15.5 Å². The molecule has 37 heavy (non-hydrogen) atoms. The number of nitrogens with zero attached hydrogens (tertiary/aromatic N) is 3. The van der Waals surface area contributed by atoms with Gasteiger partial charge < -0.3 is 19.4 Å². The van der Waals surface area contributed by atoms with Crippen molar-refractivity contribution in [2.24, 2.45) is 7.05 Å². The van der Waals surface area contributed by atoms with Crippen LogP contribution >= 0.6 is 34.7 Å². The van der Waals surface area contributed by atoms with Gasteiger partial charge in [0.05, 0.1) is 17.9 Å². The van der Waals surface area contributed by atoms with E-state index in [-0.39, 0.29) is 23.7 Å². The molecule has 1 aromatic carbocycles. The summed E-state index contributed by atoms with van der Waals surface area (Å²) in [5.41, 5.74) is 2.49. The van der Waals surface area contributed by atoms with Crippen LogP contribution in [0.1, 0.15) is 71.4 Å². The van der Waals surface area contributed by atoms with Gasteiger partial charge in [0.25, 0.3) is 0 Å². The monoisotopic (exact) mass is 562 g/mol. The summed E-state index contributed by atoms with van der Waals surface area (Å²) in [6, 6.07) is 5.46. The number of hydrogen-bond acceptors (Lipinski definition) is 8. The highest BCUT2D eigenvalue weighted by atomic mass is 35.5. The number of hydrogen-bond donors (Lipinski definition) is 1. The van der Waals surface area contributed by atoms with E-state index in [1.54, 1.807) is 13.0 Å². The van der Waals surface area contributed by atoms with Crippen molar-refractivity contribution in [3.63, 3.8) is 0 Å².